The number of hydrogen-bond acceptors (Lipinski definition) is 4. The molecule has 0 amide bonds. The van der Waals surface area contributed by atoms with Gasteiger partial charge in [0.25, 0.3) is 0 Å². The van der Waals surface area contributed by atoms with Crippen LogP contribution in [0.1, 0.15) is 62.8 Å². The van der Waals surface area contributed by atoms with Crippen molar-refractivity contribution in [3.8, 4) is 11.1 Å². The summed E-state index contributed by atoms with van der Waals surface area (Å²) in [5, 5.41) is 26.9. The van der Waals surface area contributed by atoms with Crippen LogP contribution in [0.4, 0.5) is 0 Å². The van der Waals surface area contributed by atoms with Crippen LogP contribution in [-0.2, 0) is 18.4 Å². The minimum atomic E-state index is 0.0393. The van der Waals surface area contributed by atoms with Gasteiger partial charge in [-0.25, -0.2) is 0 Å². The molecule has 3 aromatic rings. The standard InChI is InChI=1S/C31H41N7/c1-5-38(22-35-21-24-15-17-28(18-16-24)31(2,3)4)29(32)14-7-10-23-9-6-11-25(19-23)26-12-8-13-27(20-26)30(33)36-37-34/h6,8-9,11-13,15-20,32,35H,5,7,10,14,21-22H2,1-4H3,(H3,33,34,36). The first-order chi connectivity index (χ1) is 18.2. The van der Waals surface area contributed by atoms with Crippen molar-refractivity contribution in [1.29, 1.82) is 10.8 Å². The van der Waals surface area contributed by atoms with E-state index in [-0.39, 0.29) is 11.3 Å². The fourth-order valence-electron chi connectivity index (χ4n) is 4.34. The summed E-state index contributed by atoms with van der Waals surface area (Å²) in [7, 11) is 0. The lowest BCUT2D eigenvalue weighted by Gasteiger charge is -2.24. The van der Waals surface area contributed by atoms with E-state index in [1.807, 2.05) is 24.3 Å². The summed E-state index contributed by atoms with van der Waals surface area (Å²) in [5.74, 6) is 5.80. The summed E-state index contributed by atoms with van der Waals surface area (Å²) >= 11 is 0. The average Bonchev–Trinajstić information content (AvgIpc) is 2.91. The Morgan fingerprint density at radius 3 is 2.26 bits per heavy atom. The summed E-state index contributed by atoms with van der Waals surface area (Å²) in [6.45, 7) is 11.0. The molecule has 0 aliphatic heterocycles. The van der Waals surface area contributed by atoms with E-state index in [1.54, 1.807) is 0 Å². The molecule has 0 heterocycles. The third-order valence-electron chi connectivity index (χ3n) is 6.65. The average molecular weight is 512 g/mol. The molecule has 3 rings (SSSR count). The third-order valence-corrected chi connectivity index (χ3v) is 6.65. The lowest BCUT2D eigenvalue weighted by Crippen LogP contribution is -2.38. The van der Waals surface area contributed by atoms with Crippen molar-refractivity contribution in [2.45, 2.75) is 58.9 Å². The van der Waals surface area contributed by atoms with Crippen LogP contribution >= 0.6 is 0 Å². The van der Waals surface area contributed by atoms with Gasteiger partial charge in [0, 0.05) is 25.1 Å². The van der Waals surface area contributed by atoms with Gasteiger partial charge in [0.15, 0.2) is 5.84 Å². The maximum absolute atomic E-state index is 8.61. The van der Waals surface area contributed by atoms with Crippen molar-refractivity contribution in [3.63, 3.8) is 0 Å². The van der Waals surface area contributed by atoms with Crippen molar-refractivity contribution in [1.82, 2.24) is 10.2 Å². The van der Waals surface area contributed by atoms with E-state index in [9.17, 15) is 0 Å². The second-order valence-corrected chi connectivity index (χ2v) is 10.5. The number of nitrogens with zero attached hydrogens (tertiary/aromatic N) is 3. The van der Waals surface area contributed by atoms with E-state index >= 15 is 0 Å². The van der Waals surface area contributed by atoms with Crippen molar-refractivity contribution in [3.05, 3.63) is 95.1 Å². The zero-order chi connectivity index (χ0) is 27.5. The zero-order valence-corrected chi connectivity index (χ0v) is 23.1. The maximum Gasteiger partial charge on any atom is 0.176 e. The van der Waals surface area contributed by atoms with Crippen molar-refractivity contribution in [2.75, 3.05) is 13.2 Å². The highest BCUT2D eigenvalue weighted by Crippen LogP contribution is 2.24. The first kappa shape index (κ1) is 28.7. The Morgan fingerprint density at radius 1 is 0.921 bits per heavy atom. The molecule has 3 aromatic carbocycles. The molecule has 0 spiro atoms. The quantitative estimate of drug-likeness (QED) is 0.0575. The lowest BCUT2D eigenvalue weighted by atomic mass is 9.87. The maximum atomic E-state index is 8.61. The Balaban J connectivity index is 1.49. The van der Waals surface area contributed by atoms with E-state index in [0.29, 0.717) is 18.1 Å². The summed E-state index contributed by atoms with van der Waals surface area (Å²) in [6, 6.07) is 24.9. The monoisotopic (exact) mass is 511 g/mol. The fourth-order valence-corrected chi connectivity index (χ4v) is 4.34. The van der Waals surface area contributed by atoms with E-state index in [2.05, 4.69) is 96.8 Å². The molecule has 0 fully saturated rings. The molecule has 0 bridgehead atoms. The molecule has 7 heteroatoms. The summed E-state index contributed by atoms with van der Waals surface area (Å²) in [4.78, 5) is 2.10. The van der Waals surface area contributed by atoms with Gasteiger partial charge < -0.3 is 10.7 Å². The second kappa shape index (κ2) is 13.6. The van der Waals surface area contributed by atoms with Gasteiger partial charge in [-0.3, -0.25) is 16.1 Å². The highest BCUT2D eigenvalue weighted by atomic mass is 15.3. The largest absolute Gasteiger partial charge is 0.348 e. The second-order valence-electron chi connectivity index (χ2n) is 10.5. The number of aryl methyl sites for hydroxylation is 1. The van der Waals surface area contributed by atoms with Crippen molar-refractivity contribution < 1.29 is 0 Å². The highest BCUT2D eigenvalue weighted by molar-refractivity contribution is 5.97. The number of benzene rings is 3. The summed E-state index contributed by atoms with van der Waals surface area (Å²) in [5.41, 5.74) is 6.77. The van der Waals surface area contributed by atoms with Crippen LogP contribution in [0.2, 0.25) is 0 Å². The Kier molecular flexibility index (Phi) is 10.3. The van der Waals surface area contributed by atoms with Crippen LogP contribution in [0.15, 0.2) is 83.1 Å². The van der Waals surface area contributed by atoms with Gasteiger partial charge in [-0.1, -0.05) is 92.7 Å². The first-order valence-corrected chi connectivity index (χ1v) is 13.2. The zero-order valence-electron chi connectivity index (χ0n) is 23.1. The molecule has 0 saturated heterocycles. The molecular formula is C31H41N7. The van der Waals surface area contributed by atoms with Crippen LogP contribution in [0, 0.1) is 10.8 Å². The number of nitrogens with two attached hydrogens (primary N) is 1. The molecule has 0 unspecified atom stereocenters. The molecule has 200 valence electrons. The Labute approximate surface area is 227 Å². The Hall–Kier alpha value is -3.84. The molecular weight excluding hydrogens is 470 g/mol. The predicted octanol–water partition coefficient (Wildman–Crippen LogP) is 6.67. The summed E-state index contributed by atoms with van der Waals surface area (Å²) < 4.78 is 0. The van der Waals surface area contributed by atoms with Crippen molar-refractivity contribution in [2.24, 2.45) is 16.2 Å². The minimum Gasteiger partial charge on any atom is -0.348 e. The minimum absolute atomic E-state index is 0.0393. The topological polar surface area (TPSA) is 114 Å². The normalized spacial score (nSPS) is 11.6. The number of rotatable bonds is 11. The molecule has 5 N–H and O–H groups in total. The van der Waals surface area contributed by atoms with Gasteiger partial charge in [0.2, 0.25) is 0 Å². The number of hydrogen-bond donors (Lipinski definition) is 4. The molecule has 0 radical (unpaired) electrons. The van der Waals surface area contributed by atoms with E-state index in [4.69, 9.17) is 16.7 Å². The molecule has 0 aliphatic rings. The molecule has 0 aliphatic carbocycles. The van der Waals surface area contributed by atoms with Gasteiger partial charge >= 0.3 is 0 Å². The first-order valence-electron chi connectivity index (χ1n) is 13.2. The van der Waals surface area contributed by atoms with E-state index in [0.717, 1.165) is 43.5 Å². The molecule has 0 aromatic heterocycles. The Morgan fingerprint density at radius 2 is 1.61 bits per heavy atom. The van der Waals surface area contributed by atoms with Gasteiger partial charge in [-0.2, -0.15) is 0 Å². The van der Waals surface area contributed by atoms with Crippen LogP contribution in [0.25, 0.3) is 11.1 Å². The van der Waals surface area contributed by atoms with Gasteiger partial charge in [-0.05, 0) is 59.1 Å². The molecule has 0 saturated carbocycles. The Bertz CT molecular complexity index is 1240. The van der Waals surface area contributed by atoms with Crippen LogP contribution in [0.3, 0.4) is 0 Å². The van der Waals surface area contributed by atoms with Crippen LogP contribution in [-0.4, -0.2) is 29.8 Å². The lowest BCUT2D eigenvalue weighted by molar-refractivity contribution is 0.385. The van der Waals surface area contributed by atoms with Gasteiger partial charge in [0.05, 0.1) is 12.5 Å². The third kappa shape index (κ3) is 8.35. The molecule has 7 nitrogen and oxygen atoms in total. The van der Waals surface area contributed by atoms with Gasteiger partial charge in [-0.15, -0.1) is 5.11 Å². The van der Waals surface area contributed by atoms with E-state index < -0.39 is 0 Å². The van der Waals surface area contributed by atoms with E-state index in [1.165, 1.54) is 16.7 Å². The van der Waals surface area contributed by atoms with Crippen LogP contribution in [0.5, 0.6) is 0 Å². The summed E-state index contributed by atoms with van der Waals surface area (Å²) in [6.07, 6.45) is 2.55. The predicted molar refractivity (Wildman–Crippen MR) is 158 cm³/mol. The fraction of sp³-hybridized carbons (Fsp3) is 0.355. The number of amidine groups is 2. The smallest absolute Gasteiger partial charge is 0.176 e. The molecule has 0 atom stereocenters. The number of nitrogens with one attached hydrogen (secondary N) is 3. The highest BCUT2D eigenvalue weighted by Gasteiger charge is 2.13. The van der Waals surface area contributed by atoms with Crippen LogP contribution < -0.4 is 11.2 Å². The van der Waals surface area contributed by atoms with Gasteiger partial charge in [0.1, 0.15) is 0 Å². The SMILES string of the molecule is CCN(CNCc1ccc(C(C)(C)C)cc1)C(=N)CCCc1cccc(-c2cccc(C(=N)N=NN)c2)c1. The van der Waals surface area contributed by atoms with Crippen molar-refractivity contribution >= 4 is 11.7 Å². The molecule has 38 heavy (non-hydrogen) atoms.